The molecule has 1 aromatic rings. The Morgan fingerprint density at radius 2 is 1.64 bits per heavy atom. The number of halogens is 1. The lowest BCUT2D eigenvalue weighted by Crippen LogP contribution is -2.30. The van der Waals surface area contributed by atoms with Crippen LogP contribution in [0.15, 0.2) is 30.3 Å². The van der Waals surface area contributed by atoms with E-state index in [2.05, 4.69) is 0 Å². The van der Waals surface area contributed by atoms with Gasteiger partial charge >= 0.3 is 0 Å². The van der Waals surface area contributed by atoms with E-state index in [-0.39, 0.29) is 18.4 Å². The van der Waals surface area contributed by atoms with Crippen LogP contribution in [0.5, 0.6) is 0 Å². The Balaban J connectivity index is 0.00000169. The highest BCUT2D eigenvalue weighted by Gasteiger charge is 2.17. The van der Waals surface area contributed by atoms with Crippen LogP contribution in [0.25, 0.3) is 0 Å². The van der Waals surface area contributed by atoms with Crippen molar-refractivity contribution in [3.8, 4) is 0 Å². The van der Waals surface area contributed by atoms with Crippen molar-refractivity contribution in [2.45, 2.75) is 19.1 Å². The quantitative estimate of drug-likeness (QED) is 0.835. The molecule has 0 aliphatic rings. The third-order valence-corrected chi connectivity index (χ3v) is 2.41. The average molecular weight is 216 g/mol. The fraction of sp³-hybridized carbons (Fsp3) is 0.455. The van der Waals surface area contributed by atoms with Gasteiger partial charge in [-0.3, -0.25) is 0 Å². The summed E-state index contributed by atoms with van der Waals surface area (Å²) in [5.41, 5.74) is 0.976. The van der Waals surface area contributed by atoms with Gasteiger partial charge < -0.3 is 10.0 Å². The van der Waals surface area contributed by atoms with Crippen LogP contribution in [0.2, 0.25) is 0 Å². The molecule has 1 N–H and O–H groups in total. The molecule has 1 aromatic carbocycles. The summed E-state index contributed by atoms with van der Waals surface area (Å²) >= 11 is 0. The normalized spacial score (nSPS) is 14.6. The van der Waals surface area contributed by atoms with Crippen molar-refractivity contribution in [2.24, 2.45) is 0 Å². The summed E-state index contributed by atoms with van der Waals surface area (Å²) in [5, 5.41) is 9.92. The van der Waals surface area contributed by atoms with Crippen LogP contribution in [0.3, 0.4) is 0 Å². The topological polar surface area (TPSA) is 23.5 Å². The highest BCUT2D eigenvalue weighted by Crippen LogP contribution is 2.18. The van der Waals surface area contributed by atoms with Crippen LogP contribution in [0.1, 0.15) is 18.6 Å². The largest absolute Gasteiger partial charge is 0.387 e. The first-order valence-electron chi connectivity index (χ1n) is 4.52. The van der Waals surface area contributed by atoms with E-state index in [1.54, 1.807) is 0 Å². The van der Waals surface area contributed by atoms with E-state index in [4.69, 9.17) is 0 Å². The van der Waals surface area contributed by atoms with Gasteiger partial charge in [0.15, 0.2) is 0 Å². The second kappa shape index (κ2) is 6.02. The fourth-order valence-electron chi connectivity index (χ4n) is 1.21. The zero-order chi connectivity index (χ0) is 9.84. The maximum atomic E-state index is 9.92. The van der Waals surface area contributed by atoms with E-state index in [1.807, 2.05) is 56.3 Å². The van der Waals surface area contributed by atoms with Crippen LogP contribution in [-0.4, -0.2) is 30.1 Å². The Labute approximate surface area is 92.0 Å². The minimum absolute atomic E-state index is 0. The molecule has 0 aliphatic carbocycles. The fourth-order valence-corrected chi connectivity index (χ4v) is 1.21. The summed E-state index contributed by atoms with van der Waals surface area (Å²) in [6.07, 6.45) is -0.406. The molecule has 2 atom stereocenters. The van der Waals surface area contributed by atoms with Gasteiger partial charge in [0.25, 0.3) is 0 Å². The molecule has 0 saturated heterocycles. The number of hydrogen-bond acceptors (Lipinski definition) is 2. The molecule has 3 heteroatoms. The van der Waals surface area contributed by atoms with Crippen LogP contribution in [0.4, 0.5) is 0 Å². The van der Waals surface area contributed by atoms with E-state index >= 15 is 0 Å². The first kappa shape index (κ1) is 13.4. The van der Waals surface area contributed by atoms with Gasteiger partial charge in [-0.05, 0) is 26.6 Å². The molecule has 0 bridgehead atoms. The van der Waals surface area contributed by atoms with Crippen LogP contribution >= 0.6 is 12.4 Å². The molecular weight excluding hydrogens is 198 g/mol. The van der Waals surface area contributed by atoms with Crippen molar-refractivity contribution in [2.75, 3.05) is 14.1 Å². The predicted molar refractivity (Wildman–Crippen MR) is 61.8 cm³/mol. The number of hydrogen-bond donors (Lipinski definition) is 1. The minimum atomic E-state index is -0.406. The zero-order valence-electron chi connectivity index (χ0n) is 8.84. The molecule has 1 rings (SSSR count). The maximum absolute atomic E-state index is 9.92. The number of nitrogens with zero attached hydrogens (tertiary/aromatic N) is 1. The van der Waals surface area contributed by atoms with Gasteiger partial charge in [0.1, 0.15) is 0 Å². The van der Waals surface area contributed by atoms with Gasteiger partial charge in [-0.15, -0.1) is 12.4 Å². The third kappa shape index (κ3) is 3.29. The highest BCUT2D eigenvalue weighted by molar-refractivity contribution is 5.85. The van der Waals surface area contributed by atoms with Crippen molar-refractivity contribution in [1.82, 2.24) is 4.90 Å². The van der Waals surface area contributed by atoms with E-state index < -0.39 is 6.10 Å². The van der Waals surface area contributed by atoms with E-state index in [0.29, 0.717) is 0 Å². The molecule has 0 saturated carbocycles. The molecule has 0 aromatic heterocycles. The second-order valence-electron chi connectivity index (χ2n) is 3.56. The van der Waals surface area contributed by atoms with Crippen molar-refractivity contribution < 1.29 is 5.11 Å². The van der Waals surface area contributed by atoms with Gasteiger partial charge in [-0.2, -0.15) is 0 Å². The van der Waals surface area contributed by atoms with Gasteiger partial charge in [-0.1, -0.05) is 30.3 Å². The standard InChI is InChI=1S/C11H17NO.ClH/c1-9(12(2)3)11(13)10-7-5-4-6-8-10;/h4-9,11,13H,1-3H3;1H. The molecule has 14 heavy (non-hydrogen) atoms. The third-order valence-electron chi connectivity index (χ3n) is 2.41. The van der Waals surface area contributed by atoms with Crippen LogP contribution < -0.4 is 0 Å². The Bertz CT molecular complexity index is 251. The summed E-state index contributed by atoms with van der Waals surface area (Å²) in [4.78, 5) is 2.01. The lowest BCUT2D eigenvalue weighted by atomic mass is 10.0. The molecule has 0 fully saturated rings. The average Bonchev–Trinajstić information content (AvgIpc) is 2.17. The number of aliphatic hydroxyl groups excluding tert-OH is 1. The summed E-state index contributed by atoms with van der Waals surface area (Å²) < 4.78 is 0. The van der Waals surface area contributed by atoms with Crippen LogP contribution in [-0.2, 0) is 0 Å². The molecule has 0 amide bonds. The number of rotatable bonds is 3. The smallest absolute Gasteiger partial charge is 0.0942 e. The maximum Gasteiger partial charge on any atom is 0.0942 e. The molecule has 0 heterocycles. The molecule has 2 unspecified atom stereocenters. The minimum Gasteiger partial charge on any atom is -0.387 e. The Hall–Kier alpha value is -0.570. The van der Waals surface area contributed by atoms with E-state index in [9.17, 15) is 5.11 Å². The summed E-state index contributed by atoms with van der Waals surface area (Å²) in [6.45, 7) is 2.01. The Morgan fingerprint density at radius 3 is 2.07 bits per heavy atom. The Kier molecular flexibility index (Phi) is 5.77. The van der Waals surface area contributed by atoms with E-state index in [1.165, 1.54) is 0 Å². The lowest BCUT2D eigenvalue weighted by molar-refractivity contribution is 0.0858. The van der Waals surface area contributed by atoms with Crippen molar-refractivity contribution in [3.63, 3.8) is 0 Å². The second-order valence-corrected chi connectivity index (χ2v) is 3.56. The molecule has 0 spiro atoms. The predicted octanol–water partition coefficient (Wildman–Crippen LogP) is 2.09. The van der Waals surface area contributed by atoms with Gasteiger partial charge in [0, 0.05) is 6.04 Å². The van der Waals surface area contributed by atoms with Gasteiger partial charge in [-0.25, -0.2) is 0 Å². The molecule has 2 nitrogen and oxygen atoms in total. The SMILES string of the molecule is CC(C(O)c1ccccc1)N(C)C.Cl. The molecule has 0 aliphatic heterocycles. The zero-order valence-corrected chi connectivity index (χ0v) is 9.66. The Morgan fingerprint density at radius 1 is 1.14 bits per heavy atom. The summed E-state index contributed by atoms with van der Waals surface area (Å²) in [6, 6.07) is 9.88. The van der Waals surface area contributed by atoms with Crippen LogP contribution in [0, 0.1) is 0 Å². The molecule has 80 valence electrons. The lowest BCUT2D eigenvalue weighted by Gasteiger charge is -2.25. The van der Waals surface area contributed by atoms with Crippen molar-refractivity contribution in [3.05, 3.63) is 35.9 Å². The summed E-state index contributed by atoms with van der Waals surface area (Å²) in [7, 11) is 3.94. The van der Waals surface area contributed by atoms with E-state index in [0.717, 1.165) is 5.56 Å². The highest BCUT2D eigenvalue weighted by atomic mass is 35.5. The van der Waals surface area contributed by atoms with Crippen molar-refractivity contribution in [1.29, 1.82) is 0 Å². The van der Waals surface area contributed by atoms with Gasteiger partial charge in [0.05, 0.1) is 6.10 Å². The molecular formula is C11H18ClNO. The van der Waals surface area contributed by atoms with Crippen molar-refractivity contribution >= 4 is 12.4 Å². The number of benzene rings is 1. The first-order chi connectivity index (χ1) is 6.13. The summed E-state index contributed by atoms with van der Waals surface area (Å²) in [5.74, 6) is 0. The number of likely N-dealkylation sites (N-methyl/N-ethyl adjacent to an activating group) is 1. The molecule has 0 radical (unpaired) electrons. The first-order valence-corrected chi connectivity index (χ1v) is 4.52. The monoisotopic (exact) mass is 215 g/mol. The van der Waals surface area contributed by atoms with Gasteiger partial charge in [0.2, 0.25) is 0 Å². The number of aliphatic hydroxyl groups is 1.